The number of benzene rings is 1. The van der Waals surface area contributed by atoms with Crippen LogP contribution in [0.5, 0.6) is 11.5 Å². The van der Waals surface area contributed by atoms with Gasteiger partial charge in [0, 0.05) is 34.7 Å². The Bertz CT molecular complexity index is 1050. The Kier molecular flexibility index (Phi) is 9.92. The van der Waals surface area contributed by atoms with Crippen molar-refractivity contribution in [3.8, 4) is 11.5 Å². The highest BCUT2D eigenvalue weighted by Gasteiger charge is 2.20. The van der Waals surface area contributed by atoms with E-state index in [9.17, 15) is 14.4 Å². The zero-order valence-electron chi connectivity index (χ0n) is 20.6. The van der Waals surface area contributed by atoms with Gasteiger partial charge in [0.1, 0.15) is 5.60 Å². The maximum atomic E-state index is 12.9. The van der Waals surface area contributed by atoms with Crippen LogP contribution in [0.4, 0.5) is 4.79 Å². The number of Topliss-reactive ketones (excluding diaryl/α,β-unsaturated/α-hetero) is 1. The Balaban J connectivity index is 2.19. The Morgan fingerprint density at radius 2 is 1.71 bits per heavy atom. The number of thiophene rings is 1. The van der Waals surface area contributed by atoms with Crippen molar-refractivity contribution in [3.63, 3.8) is 0 Å². The van der Waals surface area contributed by atoms with Crippen molar-refractivity contribution < 1.29 is 33.3 Å². The summed E-state index contributed by atoms with van der Waals surface area (Å²) in [4.78, 5) is 36.8. The number of methoxy groups -OCH3 is 3. The number of ether oxygens (including phenoxy) is 4. The molecule has 0 saturated heterocycles. The second-order valence-electron chi connectivity index (χ2n) is 8.52. The molecule has 1 amide bonds. The first kappa shape index (κ1) is 27.2. The Morgan fingerprint density at radius 3 is 2.32 bits per heavy atom. The second-order valence-corrected chi connectivity index (χ2v) is 9.57. The summed E-state index contributed by atoms with van der Waals surface area (Å²) in [7, 11) is 4.42. The number of amides is 1. The van der Waals surface area contributed by atoms with Crippen LogP contribution in [0.2, 0.25) is 0 Å². The smallest absolute Gasteiger partial charge is 0.407 e. The third-order valence-corrected chi connectivity index (χ3v) is 5.98. The average Bonchev–Trinajstić information content (AvgIpc) is 3.14. The van der Waals surface area contributed by atoms with Crippen molar-refractivity contribution in [1.82, 2.24) is 5.32 Å². The third kappa shape index (κ3) is 7.76. The SMILES string of the molecule is COC(=O)CCC(=O)c1sc2cc(OC)c(OC)cc2c1/C=C/CCCNC(=O)OC(C)(C)C. The molecule has 0 fully saturated rings. The summed E-state index contributed by atoms with van der Waals surface area (Å²) in [5.74, 6) is 0.592. The molecule has 2 rings (SSSR count). The normalized spacial score (nSPS) is 11.5. The molecule has 1 heterocycles. The molecule has 0 aliphatic rings. The lowest BCUT2D eigenvalue weighted by atomic mass is 10.0. The molecule has 0 saturated carbocycles. The standard InChI is InChI=1S/C25H33NO7S/c1-25(2,3)33-24(29)26-13-9-7-8-10-16-17-14-19(30-4)20(31-5)15-21(17)34-23(16)18(27)11-12-22(28)32-6/h8,10,14-15H,7,9,11-13H2,1-6H3,(H,26,29)/b10-8+. The van der Waals surface area contributed by atoms with Gasteiger partial charge in [0.2, 0.25) is 0 Å². The quantitative estimate of drug-likeness (QED) is 0.256. The molecular formula is C25H33NO7S. The molecule has 186 valence electrons. The molecule has 2 aromatic rings. The number of unbranched alkanes of at least 4 members (excludes halogenated alkanes) is 1. The number of ketones is 1. The van der Waals surface area contributed by atoms with E-state index in [1.165, 1.54) is 18.4 Å². The van der Waals surface area contributed by atoms with Crippen LogP contribution in [0.1, 0.15) is 61.7 Å². The van der Waals surface area contributed by atoms with Crippen molar-refractivity contribution in [2.75, 3.05) is 27.9 Å². The summed E-state index contributed by atoms with van der Waals surface area (Å²) in [5, 5.41) is 3.60. The van der Waals surface area contributed by atoms with Crippen molar-refractivity contribution >= 4 is 45.3 Å². The number of nitrogens with one attached hydrogen (secondary N) is 1. The number of fused-ring (bicyclic) bond motifs is 1. The maximum absolute atomic E-state index is 12.9. The molecular weight excluding hydrogens is 458 g/mol. The van der Waals surface area contributed by atoms with Gasteiger partial charge < -0.3 is 24.3 Å². The largest absolute Gasteiger partial charge is 0.493 e. The molecule has 0 spiro atoms. The zero-order valence-corrected chi connectivity index (χ0v) is 21.4. The fraction of sp³-hybridized carbons (Fsp3) is 0.480. The van der Waals surface area contributed by atoms with E-state index in [2.05, 4.69) is 10.1 Å². The summed E-state index contributed by atoms with van der Waals surface area (Å²) in [6, 6.07) is 3.70. The number of hydrogen-bond donors (Lipinski definition) is 1. The van der Waals surface area contributed by atoms with Crippen molar-refractivity contribution in [1.29, 1.82) is 0 Å². The highest BCUT2D eigenvalue weighted by atomic mass is 32.1. The molecule has 34 heavy (non-hydrogen) atoms. The lowest BCUT2D eigenvalue weighted by molar-refractivity contribution is -0.140. The molecule has 0 aliphatic heterocycles. The van der Waals surface area contributed by atoms with Crippen LogP contribution in [-0.2, 0) is 14.3 Å². The van der Waals surface area contributed by atoms with Gasteiger partial charge in [-0.15, -0.1) is 11.3 Å². The average molecular weight is 492 g/mol. The van der Waals surface area contributed by atoms with Crippen LogP contribution in [-0.4, -0.2) is 51.3 Å². The summed E-state index contributed by atoms with van der Waals surface area (Å²) >= 11 is 1.36. The van der Waals surface area contributed by atoms with Gasteiger partial charge in [-0.1, -0.05) is 12.2 Å². The number of rotatable bonds is 11. The predicted octanol–water partition coefficient (Wildman–Crippen LogP) is 5.37. The van der Waals surface area contributed by atoms with E-state index in [1.54, 1.807) is 14.2 Å². The number of carbonyl (C=O) groups excluding carboxylic acids is 3. The Labute approximate surface area is 204 Å². The first-order valence-corrected chi connectivity index (χ1v) is 11.8. The number of esters is 1. The summed E-state index contributed by atoms with van der Waals surface area (Å²) in [5.41, 5.74) is 0.237. The molecule has 0 atom stereocenters. The Hall–Kier alpha value is -3.07. The van der Waals surface area contributed by atoms with Gasteiger partial charge in [-0.2, -0.15) is 0 Å². The van der Waals surface area contributed by atoms with Gasteiger partial charge in [0.25, 0.3) is 0 Å². The van der Waals surface area contributed by atoms with Crippen LogP contribution >= 0.6 is 11.3 Å². The highest BCUT2D eigenvalue weighted by molar-refractivity contribution is 7.21. The van der Waals surface area contributed by atoms with Gasteiger partial charge in [0.15, 0.2) is 17.3 Å². The number of alkyl carbamates (subject to hydrolysis) is 1. The maximum Gasteiger partial charge on any atom is 0.407 e. The minimum absolute atomic E-state index is 0.0235. The molecule has 0 bridgehead atoms. The van der Waals surface area contributed by atoms with Gasteiger partial charge in [-0.3, -0.25) is 9.59 Å². The molecule has 9 heteroatoms. The highest BCUT2D eigenvalue weighted by Crippen LogP contribution is 2.40. The zero-order chi connectivity index (χ0) is 25.3. The monoisotopic (exact) mass is 491 g/mol. The summed E-state index contributed by atoms with van der Waals surface area (Å²) in [6.45, 7) is 5.92. The lowest BCUT2D eigenvalue weighted by Crippen LogP contribution is -2.32. The van der Waals surface area contributed by atoms with Gasteiger partial charge >= 0.3 is 12.1 Å². The van der Waals surface area contributed by atoms with Gasteiger partial charge in [-0.25, -0.2) is 4.79 Å². The van der Waals surface area contributed by atoms with E-state index in [-0.39, 0.29) is 18.6 Å². The summed E-state index contributed by atoms with van der Waals surface area (Å²) in [6.07, 6.45) is 4.91. The van der Waals surface area contributed by atoms with Crippen LogP contribution in [0.3, 0.4) is 0 Å². The molecule has 0 radical (unpaired) electrons. The Morgan fingerprint density at radius 1 is 1.03 bits per heavy atom. The van der Waals surface area contributed by atoms with Gasteiger partial charge in [-0.05, 0) is 39.7 Å². The topological polar surface area (TPSA) is 100 Å². The first-order chi connectivity index (χ1) is 16.1. The van der Waals surface area contributed by atoms with Crippen molar-refractivity contribution in [2.45, 2.75) is 52.1 Å². The van der Waals surface area contributed by atoms with Crippen LogP contribution in [0, 0.1) is 0 Å². The summed E-state index contributed by atoms with van der Waals surface area (Å²) < 4.78 is 21.6. The van der Waals surface area contributed by atoms with Crippen LogP contribution < -0.4 is 14.8 Å². The van der Waals surface area contributed by atoms with Crippen molar-refractivity contribution in [3.05, 3.63) is 28.6 Å². The molecule has 1 aromatic carbocycles. The number of hydrogen-bond acceptors (Lipinski definition) is 8. The molecule has 0 unspecified atom stereocenters. The van der Waals surface area contributed by atoms with E-state index in [4.69, 9.17) is 14.2 Å². The molecule has 1 N–H and O–H groups in total. The van der Waals surface area contributed by atoms with E-state index < -0.39 is 17.7 Å². The lowest BCUT2D eigenvalue weighted by Gasteiger charge is -2.19. The number of allylic oxidation sites excluding steroid dienone is 1. The predicted molar refractivity (Wildman–Crippen MR) is 133 cm³/mol. The van der Waals surface area contributed by atoms with E-state index in [0.717, 1.165) is 15.6 Å². The van der Waals surface area contributed by atoms with Crippen LogP contribution in [0.15, 0.2) is 18.2 Å². The fourth-order valence-corrected chi connectivity index (χ4v) is 4.34. The minimum atomic E-state index is -0.537. The second kappa shape index (κ2) is 12.4. The molecule has 0 aliphatic carbocycles. The van der Waals surface area contributed by atoms with Crippen LogP contribution in [0.25, 0.3) is 16.2 Å². The van der Waals surface area contributed by atoms with Crippen molar-refractivity contribution in [2.24, 2.45) is 0 Å². The fourth-order valence-electron chi connectivity index (χ4n) is 3.17. The minimum Gasteiger partial charge on any atom is -0.493 e. The van der Waals surface area contributed by atoms with E-state index in [1.807, 2.05) is 45.1 Å². The first-order valence-electron chi connectivity index (χ1n) is 11.0. The van der Waals surface area contributed by atoms with E-state index >= 15 is 0 Å². The third-order valence-electron chi connectivity index (χ3n) is 4.77. The van der Waals surface area contributed by atoms with Gasteiger partial charge in [0.05, 0.1) is 32.6 Å². The van der Waals surface area contributed by atoms with E-state index in [0.29, 0.717) is 35.8 Å². The molecule has 8 nitrogen and oxygen atoms in total. The number of carbonyl (C=O) groups is 3. The molecule has 1 aromatic heterocycles.